The van der Waals surface area contributed by atoms with Crippen molar-refractivity contribution in [2.75, 3.05) is 7.11 Å². The molecule has 2 aromatic rings. The van der Waals surface area contributed by atoms with Gasteiger partial charge in [-0.1, -0.05) is 29.8 Å². The first-order valence-electron chi connectivity index (χ1n) is 9.04. The Balaban J connectivity index is 1.51. The standard InChI is InChI=1S/C21H23ClN2O3/c1-27-18-9-10-19-15(12-18)3-2-4-16(19)13-21(26)24-23-20(25)11-14-5-7-17(22)8-6-14/h5-10,12,16H,2-4,11,13H2,1H3,(H,23,25)(H,24,26). The van der Waals surface area contributed by atoms with E-state index in [0.717, 1.165) is 30.6 Å². The summed E-state index contributed by atoms with van der Waals surface area (Å²) >= 11 is 5.83. The monoisotopic (exact) mass is 386 g/mol. The number of aryl methyl sites for hydroxylation is 1. The second kappa shape index (κ2) is 8.91. The van der Waals surface area contributed by atoms with Crippen molar-refractivity contribution in [2.24, 2.45) is 0 Å². The highest BCUT2D eigenvalue weighted by molar-refractivity contribution is 6.30. The molecule has 3 rings (SSSR count). The molecule has 0 spiro atoms. The van der Waals surface area contributed by atoms with E-state index < -0.39 is 0 Å². The van der Waals surface area contributed by atoms with E-state index in [1.807, 2.05) is 18.2 Å². The van der Waals surface area contributed by atoms with Crippen molar-refractivity contribution >= 4 is 23.4 Å². The molecule has 6 heteroatoms. The lowest BCUT2D eigenvalue weighted by molar-refractivity contribution is -0.128. The zero-order valence-electron chi connectivity index (χ0n) is 15.3. The van der Waals surface area contributed by atoms with E-state index in [1.54, 1.807) is 31.4 Å². The third-order valence-electron chi connectivity index (χ3n) is 4.84. The summed E-state index contributed by atoms with van der Waals surface area (Å²) in [5, 5.41) is 0.623. The van der Waals surface area contributed by atoms with Crippen molar-refractivity contribution < 1.29 is 14.3 Å². The quantitative estimate of drug-likeness (QED) is 0.772. The SMILES string of the molecule is COc1ccc2c(c1)CCCC2CC(=O)NNC(=O)Cc1ccc(Cl)cc1. The Labute approximate surface area is 164 Å². The summed E-state index contributed by atoms with van der Waals surface area (Å²) in [4.78, 5) is 24.3. The summed E-state index contributed by atoms with van der Waals surface area (Å²) in [6.45, 7) is 0. The van der Waals surface area contributed by atoms with Gasteiger partial charge in [-0.2, -0.15) is 0 Å². The van der Waals surface area contributed by atoms with Gasteiger partial charge in [0.05, 0.1) is 13.5 Å². The zero-order valence-corrected chi connectivity index (χ0v) is 16.0. The number of nitrogens with one attached hydrogen (secondary N) is 2. The number of benzene rings is 2. The van der Waals surface area contributed by atoms with Crippen LogP contribution in [0.3, 0.4) is 0 Å². The molecule has 1 aliphatic carbocycles. The molecule has 0 aliphatic heterocycles. The molecule has 142 valence electrons. The number of rotatable bonds is 5. The van der Waals surface area contributed by atoms with Crippen LogP contribution in [-0.2, 0) is 22.4 Å². The highest BCUT2D eigenvalue weighted by Gasteiger charge is 2.23. The summed E-state index contributed by atoms with van der Waals surface area (Å²) in [5.41, 5.74) is 8.29. The number of hydrazine groups is 1. The number of carbonyl (C=O) groups excluding carboxylic acids is 2. The van der Waals surface area contributed by atoms with E-state index in [1.165, 1.54) is 11.1 Å². The fraction of sp³-hybridized carbons (Fsp3) is 0.333. The maximum Gasteiger partial charge on any atom is 0.242 e. The van der Waals surface area contributed by atoms with Crippen LogP contribution in [0.1, 0.15) is 41.9 Å². The summed E-state index contributed by atoms with van der Waals surface area (Å²) in [7, 11) is 1.65. The van der Waals surface area contributed by atoms with E-state index in [2.05, 4.69) is 10.9 Å². The molecule has 0 bridgehead atoms. The van der Waals surface area contributed by atoms with Gasteiger partial charge in [-0.05, 0) is 66.1 Å². The van der Waals surface area contributed by atoms with Gasteiger partial charge in [-0.15, -0.1) is 0 Å². The van der Waals surface area contributed by atoms with Gasteiger partial charge in [-0.25, -0.2) is 0 Å². The number of amides is 2. The first kappa shape index (κ1) is 19.2. The van der Waals surface area contributed by atoms with Crippen molar-refractivity contribution in [3.05, 3.63) is 64.2 Å². The zero-order chi connectivity index (χ0) is 19.2. The third-order valence-corrected chi connectivity index (χ3v) is 5.09. The summed E-state index contributed by atoms with van der Waals surface area (Å²) in [5.74, 6) is 0.550. The first-order valence-corrected chi connectivity index (χ1v) is 9.42. The van der Waals surface area contributed by atoms with Gasteiger partial charge in [0, 0.05) is 11.4 Å². The number of fused-ring (bicyclic) bond motifs is 1. The van der Waals surface area contributed by atoms with Crippen LogP contribution in [0.2, 0.25) is 5.02 Å². The summed E-state index contributed by atoms with van der Waals surface area (Å²) in [6, 6.07) is 13.1. The van der Waals surface area contributed by atoms with Crippen LogP contribution in [0.25, 0.3) is 0 Å². The Kier molecular flexibility index (Phi) is 6.35. The lowest BCUT2D eigenvalue weighted by atomic mass is 9.81. The smallest absolute Gasteiger partial charge is 0.242 e. The Morgan fingerprint density at radius 1 is 1.11 bits per heavy atom. The van der Waals surface area contributed by atoms with Gasteiger partial charge in [0.15, 0.2) is 0 Å². The second-order valence-corrected chi connectivity index (χ2v) is 7.19. The van der Waals surface area contributed by atoms with Gasteiger partial charge in [0.25, 0.3) is 0 Å². The molecule has 0 aromatic heterocycles. The molecule has 1 atom stereocenters. The molecule has 1 unspecified atom stereocenters. The molecule has 0 saturated carbocycles. The molecule has 2 N–H and O–H groups in total. The highest BCUT2D eigenvalue weighted by Crippen LogP contribution is 2.35. The summed E-state index contributed by atoms with van der Waals surface area (Å²) < 4.78 is 5.28. The molecular formula is C21H23ClN2O3. The van der Waals surface area contributed by atoms with Crippen LogP contribution in [0.5, 0.6) is 5.75 Å². The largest absolute Gasteiger partial charge is 0.497 e. The van der Waals surface area contributed by atoms with Crippen molar-refractivity contribution in [1.82, 2.24) is 10.9 Å². The van der Waals surface area contributed by atoms with Crippen LogP contribution in [0, 0.1) is 0 Å². The van der Waals surface area contributed by atoms with Crippen molar-refractivity contribution in [1.29, 1.82) is 0 Å². The minimum atomic E-state index is -0.264. The van der Waals surface area contributed by atoms with Crippen LogP contribution in [-0.4, -0.2) is 18.9 Å². The van der Waals surface area contributed by atoms with E-state index in [9.17, 15) is 9.59 Å². The van der Waals surface area contributed by atoms with Gasteiger partial charge in [0.2, 0.25) is 11.8 Å². The van der Waals surface area contributed by atoms with E-state index in [-0.39, 0.29) is 24.2 Å². The number of halogens is 1. The molecule has 5 nitrogen and oxygen atoms in total. The van der Waals surface area contributed by atoms with Crippen LogP contribution in [0.4, 0.5) is 0 Å². The van der Waals surface area contributed by atoms with Crippen molar-refractivity contribution in [2.45, 2.75) is 38.0 Å². The molecular weight excluding hydrogens is 364 g/mol. The third kappa shape index (κ3) is 5.23. The Morgan fingerprint density at radius 2 is 1.85 bits per heavy atom. The Morgan fingerprint density at radius 3 is 2.59 bits per heavy atom. The average Bonchev–Trinajstić information content (AvgIpc) is 2.68. The normalized spacial score (nSPS) is 15.6. The molecule has 27 heavy (non-hydrogen) atoms. The predicted octanol–water partition coefficient (Wildman–Crippen LogP) is 3.55. The molecule has 0 saturated heterocycles. The van der Waals surface area contributed by atoms with E-state index in [0.29, 0.717) is 11.4 Å². The van der Waals surface area contributed by atoms with E-state index in [4.69, 9.17) is 16.3 Å². The topological polar surface area (TPSA) is 67.4 Å². The minimum Gasteiger partial charge on any atom is -0.497 e. The van der Waals surface area contributed by atoms with E-state index >= 15 is 0 Å². The molecule has 1 aliphatic rings. The van der Waals surface area contributed by atoms with Gasteiger partial charge < -0.3 is 4.74 Å². The molecule has 2 aromatic carbocycles. The lowest BCUT2D eigenvalue weighted by Crippen LogP contribution is -2.42. The maximum atomic E-state index is 12.3. The fourth-order valence-electron chi connectivity index (χ4n) is 3.48. The predicted molar refractivity (Wildman–Crippen MR) is 105 cm³/mol. The lowest BCUT2D eigenvalue weighted by Gasteiger charge is -2.25. The van der Waals surface area contributed by atoms with Crippen LogP contribution in [0.15, 0.2) is 42.5 Å². The van der Waals surface area contributed by atoms with Crippen molar-refractivity contribution in [3.63, 3.8) is 0 Å². The van der Waals surface area contributed by atoms with Crippen LogP contribution < -0.4 is 15.6 Å². The van der Waals surface area contributed by atoms with Crippen LogP contribution >= 0.6 is 11.6 Å². The Hall–Kier alpha value is -2.53. The summed E-state index contributed by atoms with van der Waals surface area (Å²) in [6.07, 6.45) is 3.54. The number of hydrogen-bond acceptors (Lipinski definition) is 3. The second-order valence-electron chi connectivity index (χ2n) is 6.76. The molecule has 0 fully saturated rings. The average molecular weight is 387 g/mol. The number of methoxy groups -OCH3 is 1. The van der Waals surface area contributed by atoms with Gasteiger partial charge >= 0.3 is 0 Å². The first-order chi connectivity index (χ1) is 13.0. The number of carbonyl (C=O) groups is 2. The Bertz CT molecular complexity index is 821. The maximum absolute atomic E-state index is 12.3. The minimum absolute atomic E-state index is 0.160. The fourth-order valence-corrected chi connectivity index (χ4v) is 3.60. The van der Waals surface area contributed by atoms with Gasteiger partial charge in [-0.3, -0.25) is 20.4 Å². The van der Waals surface area contributed by atoms with Gasteiger partial charge in [0.1, 0.15) is 5.75 Å². The van der Waals surface area contributed by atoms with Crippen molar-refractivity contribution in [3.8, 4) is 5.75 Å². The number of ether oxygens (including phenoxy) is 1. The molecule has 0 heterocycles. The number of hydrogen-bond donors (Lipinski definition) is 2. The molecule has 0 radical (unpaired) electrons. The highest BCUT2D eigenvalue weighted by atomic mass is 35.5. The molecule has 2 amide bonds.